The molecule has 0 spiro atoms. The van der Waals surface area contributed by atoms with Crippen molar-refractivity contribution in [3.63, 3.8) is 0 Å². The summed E-state index contributed by atoms with van der Waals surface area (Å²) in [6, 6.07) is 8.12. The van der Waals surface area contributed by atoms with E-state index in [1.54, 1.807) is 0 Å². The second kappa shape index (κ2) is 9.00. The van der Waals surface area contributed by atoms with Crippen LogP contribution in [0.5, 0.6) is 0 Å². The van der Waals surface area contributed by atoms with Gasteiger partial charge in [-0.15, -0.1) is 0 Å². The number of nitrogens with zero attached hydrogens (tertiary/aromatic N) is 2. The molecular formula is C19H19F4N3O3S. The first kappa shape index (κ1) is 22.0. The highest BCUT2D eigenvalue weighted by molar-refractivity contribution is 7.73. The zero-order chi connectivity index (χ0) is 21.9. The summed E-state index contributed by atoms with van der Waals surface area (Å²) in [6.07, 6.45) is -4.55. The Bertz CT molecular complexity index is 946. The van der Waals surface area contributed by atoms with Crippen LogP contribution in [0, 0.1) is 5.82 Å². The normalized spacial score (nSPS) is 16.5. The molecule has 0 bridgehead atoms. The summed E-state index contributed by atoms with van der Waals surface area (Å²) < 4.78 is 77.6. The minimum Gasteiger partial charge on any atom is -0.336 e. The van der Waals surface area contributed by atoms with Crippen LogP contribution in [-0.2, 0) is 10.9 Å². The van der Waals surface area contributed by atoms with E-state index in [1.807, 2.05) is 0 Å². The third-order valence-electron chi connectivity index (χ3n) is 4.81. The zero-order valence-electron chi connectivity index (χ0n) is 15.6. The smallest absolute Gasteiger partial charge is 0.336 e. The molecule has 3 rings (SSSR count). The molecule has 0 saturated carbocycles. The van der Waals surface area contributed by atoms with Crippen molar-refractivity contribution in [2.75, 3.05) is 30.9 Å². The predicted molar refractivity (Wildman–Crippen MR) is 103 cm³/mol. The van der Waals surface area contributed by atoms with Gasteiger partial charge in [0, 0.05) is 37.4 Å². The Kier molecular flexibility index (Phi) is 6.61. The van der Waals surface area contributed by atoms with E-state index in [0.29, 0.717) is 11.3 Å². The van der Waals surface area contributed by atoms with E-state index in [0.717, 1.165) is 24.3 Å². The van der Waals surface area contributed by atoms with Crippen LogP contribution in [0.15, 0.2) is 48.5 Å². The minimum atomic E-state index is -4.55. The van der Waals surface area contributed by atoms with E-state index in [1.165, 1.54) is 34.1 Å². The van der Waals surface area contributed by atoms with Crippen molar-refractivity contribution in [3.05, 3.63) is 65.5 Å². The molecule has 6 nitrogen and oxygen atoms in total. The minimum absolute atomic E-state index is 0.00356. The lowest BCUT2D eigenvalue weighted by Crippen LogP contribution is -2.52. The Morgan fingerprint density at radius 2 is 1.50 bits per heavy atom. The number of amides is 1. The van der Waals surface area contributed by atoms with Crippen LogP contribution < -0.4 is 4.72 Å². The number of carbonyl (C=O) groups excluding carboxylic acids is 1. The van der Waals surface area contributed by atoms with Crippen LogP contribution >= 0.6 is 0 Å². The van der Waals surface area contributed by atoms with E-state index in [-0.39, 0.29) is 37.6 Å². The van der Waals surface area contributed by atoms with E-state index in [9.17, 15) is 30.8 Å². The van der Waals surface area contributed by atoms with Gasteiger partial charge < -0.3 is 4.90 Å². The summed E-state index contributed by atoms with van der Waals surface area (Å²) in [4.78, 5) is 15.3. The quantitative estimate of drug-likeness (QED) is 0.549. The van der Waals surface area contributed by atoms with Crippen LogP contribution in [0.3, 0.4) is 0 Å². The fourth-order valence-electron chi connectivity index (χ4n) is 3.41. The predicted octanol–water partition coefficient (Wildman–Crippen LogP) is 2.83. The summed E-state index contributed by atoms with van der Waals surface area (Å²) >= 11 is 0. The van der Waals surface area contributed by atoms with E-state index in [4.69, 9.17) is 0 Å². The molecule has 1 heterocycles. The summed E-state index contributed by atoms with van der Waals surface area (Å²) in [5, 5.41) is 0. The molecule has 2 aromatic rings. The average Bonchev–Trinajstić information content (AvgIpc) is 2.69. The van der Waals surface area contributed by atoms with Gasteiger partial charge in [-0.2, -0.15) is 13.2 Å². The Balaban J connectivity index is 1.67. The lowest BCUT2D eigenvalue weighted by molar-refractivity contribution is -0.189. The van der Waals surface area contributed by atoms with Crippen molar-refractivity contribution in [2.24, 2.45) is 0 Å². The van der Waals surface area contributed by atoms with Crippen molar-refractivity contribution in [2.45, 2.75) is 12.2 Å². The lowest BCUT2D eigenvalue weighted by atomic mass is 10.0. The molecule has 1 N–H and O–H groups in total. The molecular weight excluding hydrogens is 426 g/mol. The number of halogens is 4. The highest BCUT2D eigenvalue weighted by Crippen LogP contribution is 2.38. The van der Waals surface area contributed by atoms with Crippen molar-refractivity contribution >= 4 is 22.5 Å². The van der Waals surface area contributed by atoms with Gasteiger partial charge in [0.15, 0.2) is 0 Å². The molecule has 162 valence electrons. The van der Waals surface area contributed by atoms with Gasteiger partial charge in [-0.05, 0) is 42.0 Å². The summed E-state index contributed by atoms with van der Waals surface area (Å²) in [5.41, 5.74) is 0.560. The molecule has 1 unspecified atom stereocenters. The van der Waals surface area contributed by atoms with Gasteiger partial charge >= 0.3 is 6.18 Å². The fourth-order valence-corrected chi connectivity index (χ4v) is 3.77. The Morgan fingerprint density at radius 1 is 0.933 bits per heavy atom. The molecule has 1 amide bonds. The first-order valence-electron chi connectivity index (χ1n) is 9.02. The highest BCUT2D eigenvalue weighted by atomic mass is 32.2. The average molecular weight is 445 g/mol. The van der Waals surface area contributed by atoms with E-state index < -0.39 is 28.9 Å². The zero-order valence-corrected chi connectivity index (χ0v) is 16.5. The standard InChI is InChI=1S/C19H19F4N3O3S/c20-15-5-1-13(2-6-15)17(19(21,22)23)25-9-11-26(12-10-25)18(27)14-3-7-16(8-4-14)24-30(28)29/h1-8,17,30H,9-12H2,(H,24,28,29). The van der Waals surface area contributed by atoms with Gasteiger partial charge in [0.2, 0.25) is 10.9 Å². The third-order valence-corrected chi connectivity index (χ3v) is 5.26. The van der Waals surface area contributed by atoms with Gasteiger partial charge in [-0.1, -0.05) is 12.1 Å². The van der Waals surface area contributed by atoms with Gasteiger partial charge in [0.1, 0.15) is 11.9 Å². The molecule has 0 aromatic heterocycles. The highest BCUT2D eigenvalue weighted by Gasteiger charge is 2.45. The molecule has 11 heteroatoms. The van der Waals surface area contributed by atoms with Crippen molar-refractivity contribution < 1.29 is 30.8 Å². The summed E-state index contributed by atoms with van der Waals surface area (Å²) in [7, 11) is -2.82. The Morgan fingerprint density at radius 3 is 2.00 bits per heavy atom. The second-order valence-electron chi connectivity index (χ2n) is 6.77. The lowest BCUT2D eigenvalue weighted by Gasteiger charge is -2.40. The molecule has 1 fully saturated rings. The molecule has 1 aliphatic heterocycles. The molecule has 1 saturated heterocycles. The number of benzene rings is 2. The summed E-state index contributed by atoms with van der Waals surface area (Å²) in [5.74, 6) is -0.962. The van der Waals surface area contributed by atoms with Crippen LogP contribution in [0.2, 0.25) is 0 Å². The van der Waals surface area contributed by atoms with Crippen LogP contribution in [0.1, 0.15) is 22.0 Å². The second-order valence-corrected chi connectivity index (χ2v) is 7.51. The topological polar surface area (TPSA) is 69.7 Å². The third kappa shape index (κ3) is 5.28. The molecule has 2 aromatic carbocycles. The number of piperazine rings is 1. The molecule has 0 aliphatic carbocycles. The van der Waals surface area contributed by atoms with Gasteiger partial charge in [0.25, 0.3) is 5.91 Å². The van der Waals surface area contributed by atoms with Crippen molar-refractivity contribution in [3.8, 4) is 0 Å². The summed E-state index contributed by atoms with van der Waals surface area (Å²) in [6.45, 7) is 0.200. The fraction of sp³-hybridized carbons (Fsp3) is 0.316. The number of hydrogen-bond acceptors (Lipinski definition) is 4. The number of alkyl halides is 3. The number of nitrogens with one attached hydrogen (secondary N) is 1. The van der Waals surface area contributed by atoms with Crippen LogP contribution in [0.4, 0.5) is 23.2 Å². The largest absolute Gasteiger partial charge is 0.408 e. The SMILES string of the molecule is O=C(c1ccc(N[SH](=O)=O)cc1)N1CCN(C(c2ccc(F)cc2)C(F)(F)F)CC1. The van der Waals surface area contributed by atoms with Crippen molar-refractivity contribution in [1.29, 1.82) is 0 Å². The maximum absolute atomic E-state index is 13.7. The molecule has 1 atom stereocenters. The van der Waals surface area contributed by atoms with Gasteiger partial charge in [0.05, 0.1) is 0 Å². The van der Waals surface area contributed by atoms with Crippen LogP contribution in [0.25, 0.3) is 0 Å². The van der Waals surface area contributed by atoms with E-state index >= 15 is 0 Å². The maximum atomic E-state index is 13.7. The first-order valence-corrected chi connectivity index (χ1v) is 10.2. The monoisotopic (exact) mass is 445 g/mol. The van der Waals surface area contributed by atoms with Crippen LogP contribution in [-0.4, -0.2) is 56.5 Å². The number of anilines is 1. The Labute approximate surface area is 172 Å². The Hall–Kier alpha value is -2.66. The maximum Gasteiger partial charge on any atom is 0.408 e. The molecule has 30 heavy (non-hydrogen) atoms. The molecule has 1 aliphatic rings. The number of rotatable bonds is 5. The number of hydrogen-bond donors (Lipinski definition) is 2. The van der Waals surface area contributed by atoms with Gasteiger partial charge in [-0.25, -0.2) is 12.8 Å². The number of carbonyl (C=O) groups is 1. The van der Waals surface area contributed by atoms with Gasteiger partial charge in [-0.3, -0.25) is 14.4 Å². The van der Waals surface area contributed by atoms with Crippen molar-refractivity contribution in [1.82, 2.24) is 9.80 Å². The van der Waals surface area contributed by atoms with E-state index in [2.05, 4.69) is 4.72 Å². The number of thiol groups is 1. The first-order chi connectivity index (χ1) is 14.1. The molecule has 0 radical (unpaired) electrons.